The number of fused-ring (bicyclic) bond motifs is 1. The molecule has 0 aliphatic carbocycles. The number of ether oxygens (including phenoxy) is 2. The Hall–Kier alpha value is -3.46. The van der Waals surface area contributed by atoms with Gasteiger partial charge in [0.05, 0.1) is 31.8 Å². The Morgan fingerprint density at radius 1 is 1.11 bits per heavy atom. The van der Waals surface area contributed by atoms with Gasteiger partial charge in [-0.15, -0.1) is 0 Å². The summed E-state index contributed by atoms with van der Waals surface area (Å²) in [5.74, 6) is 0.649. The van der Waals surface area contributed by atoms with Gasteiger partial charge in [-0.3, -0.25) is 4.57 Å². The van der Waals surface area contributed by atoms with Crippen molar-refractivity contribution < 1.29 is 29.9 Å². The summed E-state index contributed by atoms with van der Waals surface area (Å²) in [5.41, 5.74) is 2.06. The van der Waals surface area contributed by atoms with Gasteiger partial charge in [-0.1, -0.05) is 30.3 Å². The Balaban J connectivity index is 1.41. The average molecular weight is 510 g/mol. The number of aromatic nitrogens is 6. The maximum atomic E-state index is 10.8. The lowest BCUT2D eigenvalue weighted by Gasteiger charge is -2.17. The molecular weight excluding hydrogens is 482 g/mol. The lowest BCUT2D eigenvalue weighted by Crippen LogP contribution is -2.33. The third-order valence-electron chi connectivity index (χ3n) is 6.71. The molecule has 2 saturated heterocycles. The van der Waals surface area contributed by atoms with Gasteiger partial charge in [-0.05, 0) is 12.0 Å². The van der Waals surface area contributed by atoms with Crippen LogP contribution in [0.25, 0.3) is 17.1 Å². The van der Waals surface area contributed by atoms with Gasteiger partial charge in [0.1, 0.15) is 24.4 Å². The molecule has 1 aromatic carbocycles. The third kappa shape index (κ3) is 4.35. The van der Waals surface area contributed by atoms with E-state index in [9.17, 15) is 20.4 Å². The van der Waals surface area contributed by atoms with E-state index in [-0.39, 0.29) is 12.0 Å². The number of rotatable bonds is 7. The van der Waals surface area contributed by atoms with Crippen molar-refractivity contribution >= 4 is 17.0 Å². The second-order valence-corrected chi connectivity index (χ2v) is 9.16. The second kappa shape index (κ2) is 9.78. The van der Waals surface area contributed by atoms with Crippen LogP contribution in [-0.2, 0) is 9.47 Å². The van der Waals surface area contributed by atoms with Gasteiger partial charge in [-0.25, -0.2) is 9.67 Å². The van der Waals surface area contributed by atoms with Crippen LogP contribution in [0.15, 0.2) is 49.1 Å². The molecule has 2 unspecified atom stereocenters. The summed E-state index contributed by atoms with van der Waals surface area (Å²) < 4.78 is 14.1. The quantitative estimate of drug-likeness (QED) is 0.225. The summed E-state index contributed by atoms with van der Waals surface area (Å²) in [6.45, 7) is 0.705. The molecule has 0 bridgehead atoms. The van der Waals surface area contributed by atoms with E-state index in [4.69, 9.17) is 9.47 Å². The molecule has 2 aliphatic heterocycles. The fourth-order valence-electron chi connectivity index (χ4n) is 4.66. The molecular formula is C24H27N7O6. The third-order valence-corrected chi connectivity index (χ3v) is 6.71. The highest BCUT2D eigenvalue weighted by Crippen LogP contribution is 2.33. The molecule has 194 valence electrons. The number of aliphatic hydroxyl groups is 4. The molecule has 4 aromatic rings. The van der Waals surface area contributed by atoms with Crippen molar-refractivity contribution in [3.8, 4) is 5.95 Å². The van der Waals surface area contributed by atoms with E-state index in [1.807, 2.05) is 30.3 Å². The van der Waals surface area contributed by atoms with E-state index in [0.29, 0.717) is 35.8 Å². The molecule has 2 aliphatic rings. The summed E-state index contributed by atoms with van der Waals surface area (Å²) in [5, 5.41) is 48.9. The zero-order valence-corrected chi connectivity index (χ0v) is 19.7. The van der Waals surface area contributed by atoms with Crippen LogP contribution in [0.5, 0.6) is 0 Å². The van der Waals surface area contributed by atoms with Crippen LogP contribution in [-0.4, -0.2) is 93.9 Å². The Bertz CT molecular complexity index is 1370. The Labute approximate surface area is 211 Å². The maximum absolute atomic E-state index is 10.8. The number of benzene rings is 1. The van der Waals surface area contributed by atoms with Crippen LogP contribution >= 0.6 is 0 Å². The zero-order valence-electron chi connectivity index (χ0n) is 19.7. The molecule has 13 heteroatoms. The number of aliphatic hydroxyl groups excluding tert-OH is 4. The number of imidazole rings is 1. The van der Waals surface area contributed by atoms with Crippen molar-refractivity contribution in [3.05, 3.63) is 60.2 Å². The second-order valence-electron chi connectivity index (χ2n) is 9.16. The van der Waals surface area contributed by atoms with E-state index < -0.39 is 37.3 Å². The molecule has 0 spiro atoms. The highest BCUT2D eigenvalue weighted by Gasteiger charge is 2.44. The average Bonchev–Trinajstić information content (AvgIpc) is 3.73. The molecule has 13 nitrogen and oxygen atoms in total. The standard InChI is InChI=1S/C24H27N7O6/c32-10-16-19(34)20(35)23(37-16)30-12-25-17-21(27-15-6-7-36-11-15)28-24(29-22(17)30)31-9-14(8-26-31)18(33)13-4-2-1-3-5-13/h1-5,8-9,12,15-16,18-20,23,32-35H,6-7,10-11H2,(H,27,28,29)/t15?,16-,18?,19-,20-,23-/m1/s1. The summed E-state index contributed by atoms with van der Waals surface area (Å²) in [4.78, 5) is 13.8. The molecule has 5 heterocycles. The van der Waals surface area contributed by atoms with Gasteiger partial charge in [0.15, 0.2) is 23.2 Å². The fraction of sp³-hybridized carbons (Fsp3) is 0.417. The molecule has 5 N–H and O–H groups in total. The van der Waals surface area contributed by atoms with Crippen molar-refractivity contribution in [1.29, 1.82) is 0 Å². The number of anilines is 1. The minimum absolute atomic E-state index is 0.0260. The summed E-state index contributed by atoms with van der Waals surface area (Å²) >= 11 is 0. The van der Waals surface area contributed by atoms with E-state index in [0.717, 1.165) is 12.0 Å². The van der Waals surface area contributed by atoms with Gasteiger partial charge in [0.2, 0.25) is 0 Å². The highest BCUT2D eigenvalue weighted by atomic mass is 16.6. The number of hydrogen-bond donors (Lipinski definition) is 5. The minimum atomic E-state index is -1.30. The largest absolute Gasteiger partial charge is 0.394 e. The minimum Gasteiger partial charge on any atom is -0.394 e. The van der Waals surface area contributed by atoms with Gasteiger partial charge < -0.3 is 35.2 Å². The Morgan fingerprint density at radius 2 is 1.95 bits per heavy atom. The van der Waals surface area contributed by atoms with Crippen LogP contribution in [0.4, 0.5) is 5.82 Å². The first-order valence-corrected chi connectivity index (χ1v) is 12.0. The molecule has 37 heavy (non-hydrogen) atoms. The smallest absolute Gasteiger partial charge is 0.254 e. The number of nitrogens with zero attached hydrogens (tertiary/aromatic N) is 6. The normalized spacial score (nSPS) is 26.6. The van der Waals surface area contributed by atoms with Crippen molar-refractivity contribution in [1.82, 2.24) is 29.3 Å². The highest BCUT2D eigenvalue weighted by molar-refractivity contribution is 5.84. The maximum Gasteiger partial charge on any atom is 0.254 e. The Kier molecular flexibility index (Phi) is 6.32. The number of nitrogens with one attached hydrogen (secondary N) is 1. The van der Waals surface area contributed by atoms with Crippen molar-refractivity contribution in [2.45, 2.75) is 43.1 Å². The van der Waals surface area contributed by atoms with Crippen molar-refractivity contribution in [3.63, 3.8) is 0 Å². The SMILES string of the molecule is OC[C@H]1O[C@@H](n2cnc3c(NC4CCOC4)nc(-n4cc(C(O)c5ccccc5)cn4)nc32)[C@H](O)[C@@H]1O. The fourth-order valence-corrected chi connectivity index (χ4v) is 4.66. The predicted molar refractivity (Wildman–Crippen MR) is 129 cm³/mol. The van der Waals surface area contributed by atoms with Gasteiger partial charge in [0, 0.05) is 18.4 Å². The van der Waals surface area contributed by atoms with Gasteiger partial charge in [-0.2, -0.15) is 15.1 Å². The van der Waals surface area contributed by atoms with Crippen molar-refractivity contribution in [2.24, 2.45) is 0 Å². The van der Waals surface area contributed by atoms with Crippen LogP contribution in [0, 0.1) is 0 Å². The summed E-state index contributed by atoms with van der Waals surface area (Å²) in [7, 11) is 0. The van der Waals surface area contributed by atoms with E-state index in [1.54, 1.807) is 12.4 Å². The van der Waals surface area contributed by atoms with Crippen LogP contribution in [0.1, 0.15) is 29.9 Å². The van der Waals surface area contributed by atoms with Crippen molar-refractivity contribution in [2.75, 3.05) is 25.1 Å². The first-order valence-electron chi connectivity index (χ1n) is 12.0. The lowest BCUT2D eigenvalue weighted by atomic mass is 10.1. The predicted octanol–water partition coefficient (Wildman–Crippen LogP) is -0.0940. The van der Waals surface area contributed by atoms with E-state index in [2.05, 4.69) is 25.4 Å². The summed E-state index contributed by atoms with van der Waals surface area (Å²) in [6, 6.07) is 9.26. The molecule has 0 amide bonds. The van der Waals surface area contributed by atoms with Crippen LogP contribution in [0.2, 0.25) is 0 Å². The van der Waals surface area contributed by atoms with Gasteiger partial charge >= 0.3 is 0 Å². The van der Waals surface area contributed by atoms with Gasteiger partial charge in [0.25, 0.3) is 5.95 Å². The topological polar surface area (TPSA) is 173 Å². The molecule has 0 radical (unpaired) electrons. The molecule has 6 rings (SSSR count). The molecule has 6 atom stereocenters. The monoisotopic (exact) mass is 509 g/mol. The lowest BCUT2D eigenvalue weighted by molar-refractivity contribution is -0.0511. The van der Waals surface area contributed by atoms with E-state index in [1.165, 1.54) is 15.6 Å². The molecule has 2 fully saturated rings. The van der Waals surface area contributed by atoms with E-state index >= 15 is 0 Å². The van der Waals surface area contributed by atoms with Crippen LogP contribution in [0.3, 0.4) is 0 Å². The van der Waals surface area contributed by atoms with Crippen LogP contribution < -0.4 is 5.32 Å². The first kappa shape index (κ1) is 23.9. The zero-order chi connectivity index (χ0) is 25.5. The molecule has 0 saturated carbocycles. The Morgan fingerprint density at radius 3 is 2.68 bits per heavy atom. The summed E-state index contributed by atoms with van der Waals surface area (Å²) in [6.07, 6.45) is 0.0345. The first-order chi connectivity index (χ1) is 18.0. The molecule has 3 aromatic heterocycles. The number of hydrogen-bond acceptors (Lipinski definition) is 11.